The van der Waals surface area contributed by atoms with Crippen molar-refractivity contribution < 1.29 is 22.7 Å². The van der Waals surface area contributed by atoms with Gasteiger partial charge in [0.15, 0.2) is 5.17 Å². The number of ether oxygens (including phenoxy) is 1. The maximum absolute atomic E-state index is 12.7. The molecule has 4 rings (SSSR count). The van der Waals surface area contributed by atoms with Crippen molar-refractivity contribution in [2.75, 3.05) is 11.1 Å². The minimum atomic E-state index is -4.79. The van der Waals surface area contributed by atoms with E-state index in [1.54, 1.807) is 24.3 Å². The molecule has 0 fully saturated rings. The van der Waals surface area contributed by atoms with Crippen molar-refractivity contribution in [1.82, 2.24) is 4.98 Å². The molecule has 12 heteroatoms. The normalized spacial score (nSPS) is 17.9. The van der Waals surface area contributed by atoms with Crippen LogP contribution in [0.4, 0.5) is 18.9 Å². The van der Waals surface area contributed by atoms with Gasteiger partial charge in [0.2, 0.25) is 0 Å². The number of rotatable bonds is 5. The van der Waals surface area contributed by atoms with Gasteiger partial charge in [0.1, 0.15) is 17.0 Å². The summed E-state index contributed by atoms with van der Waals surface area (Å²) in [5.74, 6) is -0.465. The number of carbonyl (C=O) groups is 1. The first-order valence-electron chi connectivity index (χ1n) is 9.63. The van der Waals surface area contributed by atoms with E-state index in [-0.39, 0.29) is 16.5 Å². The van der Waals surface area contributed by atoms with E-state index in [2.05, 4.69) is 20.0 Å². The monoisotopic (exact) mass is 526 g/mol. The molecule has 1 aromatic heterocycles. The SMILES string of the molecule is NC1=NC(c2ccc(OC(F)(F)F)cc2)(c2cccc(NC(=O)c3ncc(Cl)cc3Cl)c2)CS1. The molecule has 0 saturated heterocycles. The Morgan fingerprint density at radius 1 is 1.12 bits per heavy atom. The van der Waals surface area contributed by atoms with Crippen molar-refractivity contribution in [2.24, 2.45) is 10.7 Å². The van der Waals surface area contributed by atoms with Gasteiger partial charge >= 0.3 is 6.36 Å². The van der Waals surface area contributed by atoms with Gasteiger partial charge in [-0.2, -0.15) is 0 Å². The molecule has 176 valence electrons. The number of hydrogen-bond acceptors (Lipinski definition) is 6. The summed E-state index contributed by atoms with van der Waals surface area (Å²) in [7, 11) is 0. The smallest absolute Gasteiger partial charge is 0.406 e. The Hall–Kier alpha value is -2.95. The topological polar surface area (TPSA) is 89.6 Å². The van der Waals surface area contributed by atoms with Crippen LogP contribution in [0.2, 0.25) is 10.0 Å². The summed E-state index contributed by atoms with van der Waals surface area (Å²) in [5, 5.41) is 3.47. The third kappa shape index (κ3) is 5.24. The molecule has 0 bridgehead atoms. The Labute approximate surface area is 206 Å². The van der Waals surface area contributed by atoms with Crippen LogP contribution in [0.15, 0.2) is 65.8 Å². The number of pyridine rings is 1. The molecule has 1 aliphatic heterocycles. The third-order valence-corrected chi connectivity index (χ3v) is 6.36. The Kier molecular flexibility index (Phi) is 6.66. The second-order valence-corrected chi connectivity index (χ2v) is 9.03. The van der Waals surface area contributed by atoms with E-state index in [1.165, 1.54) is 48.3 Å². The van der Waals surface area contributed by atoms with Gasteiger partial charge in [0, 0.05) is 17.6 Å². The fourth-order valence-corrected chi connectivity index (χ4v) is 4.89. The minimum absolute atomic E-state index is 0.00474. The number of benzene rings is 2. The lowest BCUT2D eigenvalue weighted by molar-refractivity contribution is -0.274. The van der Waals surface area contributed by atoms with Gasteiger partial charge in [0.25, 0.3) is 5.91 Å². The summed E-state index contributed by atoms with van der Waals surface area (Å²) in [6, 6.07) is 13.8. The predicted molar refractivity (Wildman–Crippen MR) is 127 cm³/mol. The molecule has 1 unspecified atom stereocenters. The Morgan fingerprint density at radius 2 is 1.85 bits per heavy atom. The largest absolute Gasteiger partial charge is 0.573 e. The number of halogens is 5. The van der Waals surface area contributed by atoms with Crippen LogP contribution in [0.3, 0.4) is 0 Å². The quantitative estimate of drug-likeness (QED) is 0.435. The van der Waals surface area contributed by atoms with Crippen LogP contribution in [-0.4, -0.2) is 28.2 Å². The van der Waals surface area contributed by atoms with E-state index in [1.807, 2.05) is 0 Å². The summed E-state index contributed by atoms with van der Waals surface area (Å²) in [6.07, 6.45) is -3.48. The van der Waals surface area contributed by atoms with Crippen molar-refractivity contribution in [3.8, 4) is 5.75 Å². The van der Waals surface area contributed by atoms with Crippen LogP contribution in [-0.2, 0) is 5.54 Å². The van der Waals surface area contributed by atoms with Gasteiger partial charge in [-0.05, 0) is 41.5 Å². The zero-order chi connectivity index (χ0) is 24.5. The highest BCUT2D eigenvalue weighted by Gasteiger charge is 2.39. The first-order valence-corrected chi connectivity index (χ1v) is 11.4. The number of nitrogens with zero attached hydrogens (tertiary/aromatic N) is 2. The van der Waals surface area contributed by atoms with Gasteiger partial charge in [-0.3, -0.25) is 4.79 Å². The number of alkyl halides is 3. The molecule has 2 heterocycles. The van der Waals surface area contributed by atoms with E-state index in [4.69, 9.17) is 28.9 Å². The minimum Gasteiger partial charge on any atom is -0.406 e. The molecule has 2 aromatic carbocycles. The molecule has 0 spiro atoms. The number of nitrogens with two attached hydrogens (primary N) is 1. The number of hydrogen-bond donors (Lipinski definition) is 2. The lowest BCUT2D eigenvalue weighted by Gasteiger charge is -2.27. The maximum Gasteiger partial charge on any atom is 0.573 e. The third-order valence-electron chi connectivity index (χ3n) is 4.92. The van der Waals surface area contributed by atoms with E-state index in [0.29, 0.717) is 32.8 Å². The van der Waals surface area contributed by atoms with Gasteiger partial charge in [-0.1, -0.05) is 59.2 Å². The van der Waals surface area contributed by atoms with Crippen molar-refractivity contribution in [2.45, 2.75) is 11.9 Å². The lowest BCUT2D eigenvalue weighted by Crippen LogP contribution is -2.26. The van der Waals surface area contributed by atoms with Crippen molar-refractivity contribution in [3.05, 3.63) is 87.7 Å². The summed E-state index contributed by atoms with van der Waals surface area (Å²) in [5.41, 5.74) is 6.73. The molecule has 0 aliphatic carbocycles. The summed E-state index contributed by atoms with van der Waals surface area (Å²) >= 11 is 13.2. The number of thioether (sulfide) groups is 1. The van der Waals surface area contributed by atoms with Crippen LogP contribution in [0, 0.1) is 0 Å². The van der Waals surface area contributed by atoms with Crippen LogP contribution in [0.25, 0.3) is 0 Å². The Morgan fingerprint density at radius 3 is 2.47 bits per heavy atom. The second-order valence-electron chi connectivity index (χ2n) is 7.19. The maximum atomic E-state index is 12.7. The number of amidine groups is 1. The zero-order valence-corrected chi connectivity index (χ0v) is 19.4. The highest BCUT2D eigenvalue weighted by atomic mass is 35.5. The molecular weight excluding hydrogens is 512 g/mol. The first kappa shape index (κ1) is 24.2. The molecular formula is C22H15Cl2F3N4O2S. The summed E-state index contributed by atoms with van der Waals surface area (Å²) in [6.45, 7) is 0. The molecule has 1 amide bonds. The molecule has 3 N–H and O–H groups in total. The number of nitrogens with one attached hydrogen (secondary N) is 1. The number of carbonyl (C=O) groups excluding carboxylic acids is 1. The van der Waals surface area contributed by atoms with Crippen LogP contribution in [0.5, 0.6) is 5.75 Å². The highest BCUT2D eigenvalue weighted by Crippen LogP contribution is 2.43. The molecule has 0 radical (unpaired) electrons. The number of amides is 1. The Bertz CT molecular complexity index is 1270. The van der Waals surface area contributed by atoms with E-state index in [0.717, 1.165) is 0 Å². The van der Waals surface area contributed by atoms with Crippen molar-refractivity contribution >= 4 is 51.7 Å². The fraction of sp³-hybridized carbons (Fsp3) is 0.136. The molecule has 3 aromatic rings. The van der Waals surface area contributed by atoms with Gasteiger partial charge in [0.05, 0.1) is 10.0 Å². The average molecular weight is 527 g/mol. The van der Waals surface area contributed by atoms with Gasteiger partial charge < -0.3 is 15.8 Å². The van der Waals surface area contributed by atoms with Crippen LogP contribution < -0.4 is 15.8 Å². The van der Waals surface area contributed by atoms with Gasteiger partial charge in [-0.25, -0.2) is 9.98 Å². The summed E-state index contributed by atoms with van der Waals surface area (Å²) in [4.78, 5) is 21.2. The second kappa shape index (κ2) is 9.36. The summed E-state index contributed by atoms with van der Waals surface area (Å²) < 4.78 is 41.6. The zero-order valence-electron chi connectivity index (χ0n) is 17.1. The van der Waals surface area contributed by atoms with Crippen molar-refractivity contribution in [3.63, 3.8) is 0 Å². The number of aromatic nitrogens is 1. The molecule has 1 aliphatic rings. The van der Waals surface area contributed by atoms with E-state index < -0.39 is 17.8 Å². The fourth-order valence-electron chi connectivity index (χ4n) is 3.45. The lowest BCUT2D eigenvalue weighted by atomic mass is 9.85. The highest BCUT2D eigenvalue weighted by molar-refractivity contribution is 8.14. The Balaban J connectivity index is 1.66. The first-order chi connectivity index (χ1) is 16.1. The number of aliphatic imine (C=N–C) groups is 1. The van der Waals surface area contributed by atoms with E-state index in [9.17, 15) is 18.0 Å². The van der Waals surface area contributed by atoms with Crippen LogP contribution >= 0.6 is 35.0 Å². The molecule has 34 heavy (non-hydrogen) atoms. The van der Waals surface area contributed by atoms with E-state index >= 15 is 0 Å². The average Bonchev–Trinajstić information content (AvgIpc) is 3.16. The molecule has 1 atom stereocenters. The van der Waals surface area contributed by atoms with Crippen LogP contribution in [0.1, 0.15) is 21.6 Å². The van der Waals surface area contributed by atoms with Gasteiger partial charge in [-0.15, -0.1) is 13.2 Å². The predicted octanol–water partition coefficient (Wildman–Crippen LogP) is 5.84. The standard InChI is InChI=1S/C22H15Cl2F3N4O2S/c23-14-9-17(24)18(29-10-14)19(32)30-15-3-1-2-13(8-15)21(11-34-20(28)31-21)12-4-6-16(7-5-12)33-22(25,26)27/h1-10H,11H2,(H2,28,31)(H,30,32). The molecule has 6 nitrogen and oxygen atoms in total. The number of anilines is 1. The van der Waals surface area contributed by atoms with Crippen molar-refractivity contribution in [1.29, 1.82) is 0 Å². The molecule has 0 saturated carbocycles.